The number of nitrogens with one attached hydrogen (secondary N) is 2. The summed E-state index contributed by atoms with van der Waals surface area (Å²) in [7, 11) is 0. The van der Waals surface area contributed by atoms with Crippen LogP contribution in [-0.4, -0.2) is 23.6 Å². The number of hydrogen-bond acceptors (Lipinski definition) is 5. The molecule has 1 heterocycles. The van der Waals surface area contributed by atoms with E-state index in [0.717, 1.165) is 30.4 Å². The molecule has 136 valence electrons. The summed E-state index contributed by atoms with van der Waals surface area (Å²) >= 11 is 6.77. The van der Waals surface area contributed by atoms with Crippen LogP contribution in [0.25, 0.3) is 0 Å². The molecular formula is C19H20N2O3S2. The van der Waals surface area contributed by atoms with Gasteiger partial charge in [-0.1, -0.05) is 17.7 Å². The van der Waals surface area contributed by atoms with E-state index in [2.05, 4.69) is 10.6 Å². The SMILES string of the molecule is CCOC(=O)c1c(NC(=S)NC(=O)c2ccc(C)cc2)sc2c1CCC2. The van der Waals surface area contributed by atoms with E-state index in [1.54, 1.807) is 19.1 Å². The highest BCUT2D eigenvalue weighted by atomic mass is 32.1. The quantitative estimate of drug-likeness (QED) is 0.615. The highest BCUT2D eigenvalue weighted by molar-refractivity contribution is 7.80. The van der Waals surface area contributed by atoms with Gasteiger partial charge < -0.3 is 10.1 Å². The third kappa shape index (κ3) is 3.94. The number of hydrogen-bond donors (Lipinski definition) is 2. The minimum Gasteiger partial charge on any atom is -0.462 e. The number of carbonyl (C=O) groups excluding carboxylic acids is 2. The Morgan fingerprint density at radius 3 is 2.65 bits per heavy atom. The molecule has 1 aromatic heterocycles. The zero-order chi connectivity index (χ0) is 18.7. The lowest BCUT2D eigenvalue weighted by Crippen LogP contribution is -2.34. The van der Waals surface area contributed by atoms with Gasteiger partial charge in [-0.15, -0.1) is 11.3 Å². The Balaban J connectivity index is 1.74. The van der Waals surface area contributed by atoms with Crippen LogP contribution in [0.5, 0.6) is 0 Å². The number of fused-ring (bicyclic) bond motifs is 1. The number of aryl methyl sites for hydroxylation is 2. The predicted molar refractivity (Wildman–Crippen MR) is 107 cm³/mol. The first-order chi connectivity index (χ1) is 12.5. The van der Waals surface area contributed by atoms with Gasteiger partial charge in [0.05, 0.1) is 12.2 Å². The molecule has 1 aliphatic carbocycles. The van der Waals surface area contributed by atoms with E-state index in [4.69, 9.17) is 17.0 Å². The monoisotopic (exact) mass is 388 g/mol. The van der Waals surface area contributed by atoms with Crippen LogP contribution in [0.1, 0.15) is 50.1 Å². The van der Waals surface area contributed by atoms with Gasteiger partial charge in [0.15, 0.2) is 5.11 Å². The second kappa shape index (κ2) is 7.97. The molecule has 5 nitrogen and oxygen atoms in total. The molecule has 3 rings (SSSR count). The zero-order valence-corrected chi connectivity index (χ0v) is 16.3. The molecule has 0 aliphatic heterocycles. The second-order valence-electron chi connectivity index (χ2n) is 6.06. The fourth-order valence-electron chi connectivity index (χ4n) is 2.93. The molecule has 1 aliphatic rings. The summed E-state index contributed by atoms with van der Waals surface area (Å²) in [4.78, 5) is 25.8. The molecule has 0 bridgehead atoms. The molecule has 1 amide bonds. The smallest absolute Gasteiger partial charge is 0.341 e. The lowest BCUT2D eigenvalue weighted by Gasteiger charge is -2.11. The summed E-state index contributed by atoms with van der Waals surface area (Å²) in [5.74, 6) is -0.633. The summed E-state index contributed by atoms with van der Waals surface area (Å²) in [5.41, 5.74) is 3.20. The van der Waals surface area contributed by atoms with Gasteiger partial charge in [0.25, 0.3) is 5.91 Å². The maximum atomic E-state index is 12.4. The number of anilines is 1. The van der Waals surface area contributed by atoms with Crippen LogP contribution < -0.4 is 10.6 Å². The molecule has 2 aromatic rings. The number of amides is 1. The molecule has 0 saturated carbocycles. The predicted octanol–water partition coefficient (Wildman–Crippen LogP) is 3.85. The first kappa shape index (κ1) is 18.5. The Hall–Kier alpha value is -2.25. The van der Waals surface area contributed by atoms with Gasteiger partial charge in [0.1, 0.15) is 5.00 Å². The molecule has 2 N–H and O–H groups in total. The van der Waals surface area contributed by atoms with E-state index >= 15 is 0 Å². The Morgan fingerprint density at radius 1 is 1.23 bits per heavy atom. The molecule has 0 unspecified atom stereocenters. The average Bonchev–Trinajstić information content (AvgIpc) is 3.15. The van der Waals surface area contributed by atoms with E-state index in [1.807, 2.05) is 19.1 Å². The van der Waals surface area contributed by atoms with Gasteiger partial charge in [-0.25, -0.2) is 4.79 Å². The molecular weight excluding hydrogens is 368 g/mol. The fraction of sp³-hybridized carbons (Fsp3) is 0.316. The number of rotatable bonds is 4. The second-order valence-corrected chi connectivity index (χ2v) is 7.57. The van der Waals surface area contributed by atoms with Crippen LogP contribution in [0.4, 0.5) is 5.00 Å². The molecule has 0 spiro atoms. The first-order valence-electron chi connectivity index (χ1n) is 8.50. The van der Waals surface area contributed by atoms with Crippen molar-refractivity contribution in [2.24, 2.45) is 0 Å². The van der Waals surface area contributed by atoms with Crippen molar-refractivity contribution in [1.29, 1.82) is 0 Å². The van der Waals surface area contributed by atoms with Crippen LogP contribution in [0.15, 0.2) is 24.3 Å². The number of thiocarbonyl (C=S) groups is 1. The van der Waals surface area contributed by atoms with Crippen molar-refractivity contribution in [3.05, 3.63) is 51.4 Å². The van der Waals surface area contributed by atoms with Gasteiger partial charge in [-0.05, 0) is 63.0 Å². The van der Waals surface area contributed by atoms with E-state index in [-0.39, 0.29) is 17.0 Å². The Labute approximate surface area is 161 Å². The molecule has 7 heteroatoms. The molecule has 1 aromatic carbocycles. The maximum Gasteiger partial charge on any atom is 0.341 e. The summed E-state index contributed by atoms with van der Waals surface area (Å²) in [6.45, 7) is 4.06. The Kier molecular flexibility index (Phi) is 5.68. The normalized spacial score (nSPS) is 12.4. The number of benzene rings is 1. The van der Waals surface area contributed by atoms with Crippen LogP contribution in [0.2, 0.25) is 0 Å². The molecule has 0 fully saturated rings. The van der Waals surface area contributed by atoms with Crippen LogP contribution in [0.3, 0.4) is 0 Å². The van der Waals surface area contributed by atoms with Crippen molar-refractivity contribution in [3.8, 4) is 0 Å². The van der Waals surface area contributed by atoms with Crippen molar-refractivity contribution in [1.82, 2.24) is 5.32 Å². The van der Waals surface area contributed by atoms with Crippen LogP contribution >= 0.6 is 23.6 Å². The number of thiophene rings is 1. The minimum atomic E-state index is -0.345. The molecule has 0 radical (unpaired) electrons. The molecule has 0 atom stereocenters. The number of carbonyl (C=O) groups is 2. The van der Waals surface area contributed by atoms with Crippen LogP contribution in [-0.2, 0) is 17.6 Å². The van der Waals surface area contributed by atoms with Gasteiger partial charge >= 0.3 is 5.97 Å². The highest BCUT2D eigenvalue weighted by Gasteiger charge is 2.28. The highest BCUT2D eigenvalue weighted by Crippen LogP contribution is 2.39. The van der Waals surface area contributed by atoms with Crippen molar-refractivity contribution in [3.63, 3.8) is 0 Å². The summed E-state index contributed by atoms with van der Waals surface area (Å²) < 4.78 is 5.19. The van der Waals surface area contributed by atoms with Crippen LogP contribution in [0, 0.1) is 6.92 Å². The maximum absolute atomic E-state index is 12.4. The average molecular weight is 389 g/mol. The summed E-state index contributed by atoms with van der Waals surface area (Å²) in [5, 5.41) is 6.48. The fourth-order valence-corrected chi connectivity index (χ4v) is 4.47. The van der Waals surface area contributed by atoms with Gasteiger partial charge in [-0.2, -0.15) is 0 Å². The lowest BCUT2D eigenvalue weighted by molar-refractivity contribution is 0.0527. The van der Waals surface area contributed by atoms with Crippen molar-refractivity contribution in [2.75, 3.05) is 11.9 Å². The number of esters is 1. The van der Waals surface area contributed by atoms with Crippen molar-refractivity contribution in [2.45, 2.75) is 33.1 Å². The topological polar surface area (TPSA) is 67.4 Å². The van der Waals surface area contributed by atoms with Gasteiger partial charge in [0, 0.05) is 10.4 Å². The van der Waals surface area contributed by atoms with Gasteiger partial charge in [-0.3, -0.25) is 10.1 Å². The van der Waals surface area contributed by atoms with Crippen molar-refractivity contribution < 1.29 is 14.3 Å². The van der Waals surface area contributed by atoms with Gasteiger partial charge in [0.2, 0.25) is 0 Å². The lowest BCUT2D eigenvalue weighted by atomic mass is 10.1. The Morgan fingerprint density at radius 2 is 1.96 bits per heavy atom. The van der Waals surface area contributed by atoms with E-state index in [0.29, 0.717) is 22.7 Å². The zero-order valence-electron chi connectivity index (χ0n) is 14.7. The van der Waals surface area contributed by atoms with E-state index in [9.17, 15) is 9.59 Å². The standard InChI is InChI=1S/C19H20N2O3S2/c1-3-24-18(23)15-13-5-4-6-14(13)26-17(15)21-19(25)20-16(22)12-9-7-11(2)8-10-12/h7-10H,3-6H2,1-2H3,(H2,20,21,22,25). The molecule has 26 heavy (non-hydrogen) atoms. The summed E-state index contributed by atoms with van der Waals surface area (Å²) in [6, 6.07) is 7.23. The van der Waals surface area contributed by atoms with E-state index < -0.39 is 0 Å². The third-order valence-corrected chi connectivity index (χ3v) is 5.58. The Bertz CT molecular complexity index is 856. The summed E-state index contributed by atoms with van der Waals surface area (Å²) in [6.07, 6.45) is 2.86. The van der Waals surface area contributed by atoms with Crippen molar-refractivity contribution >= 4 is 45.5 Å². The first-order valence-corrected chi connectivity index (χ1v) is 9.72. The third-order valence-electron chi connectivity index (χ3n) is 4.17. The van der Waals surface area contributed by atoms with E-state index in [1.165, 1.54) is 16.2 Å². The minimum absolute atomic E-state index is 0.168. The largest absolute Gasteiger partial charge is 0.462 e. The molecule has 0 saturated heterocycles. The number of ether oxygens (including phenoxy) is 1.